The van der Waals surface area contributed by atoms with Crippen LogP contribution in [0.15, 0.2) is 32.7 Å². The van der Waals surface area contributed by atoms with Gasteiger partial charge < -0.3 is 0 Å². The molecule has 1 spiro atoms. The molecule has 9 nitrogen and oxygen atoms in total. The highest BCUT2D eigenvalue weighted by molar-refractivity contribution is 7.89. The Balaban J connectivity index is 1.55. The molecule has 0 radical (unpaired) electrons. The minimum Gasteiger partial charge on any atom is -0.296 e. The highest BCUT2D eigenvalue weighted by Gasteiger charge is 2.46. The van der Waals surface area contributed by atoms with E-state index in [1.54, 1.807) is 13.1 Å². The lowest BCUT2D eigenvalue weighted by atomic mass is 9.78. The Morgan fingerprint density at radius 1 is 1.03 bits per heavy atom. The molecule has 5 rings (SSSR count). The molecule has 1 aromatic heterocycles. The molecule has 10 heteroatoms. The second-order valence-electron chi connectivity index (χ2n) is 12.4. The molecule has 2 aromatic rings. The standard InChI is InChI=1S/C28H43N5O4S/c1-20(2)33-19-21(28(29-33)13-9-7-5-6-8-10-14-28)18-32-25(34)23-17-22(11-12-24(23)31(4)26(32)35)38(36,37)30-27(3)15-16-27/h11-12,17,20-21,29-30H,5-10,13-16,18-19H2,1-4H3. The minimum absolute atomic E-state index is 0.0571. The number of benzene rings is 1. The van der Waals surface area contributed by atoms with Crippen molar-refractivity contribution in [1.82, 2.24) is 24.3 Å². The number of rotatable bonds is 6. The second-order valence-corrected chi connectivity index (χ2v) is 14.1. The predicted molar refractivity (Wildman–Crippen MR) is 150 cm³/mol. The molecule has 1 atom stereocenters. The summed E-state index contributed by atoms with van der Waals surface area (Å²) in [5.74, 6) is 0.0919. The number of aryl methyl sites for hydroxylation is 1. The van der Waals surface area contributed by atoms with Crippen molar-refractivity contribution in [3.05, 3.63) is 39.0 Å². The summed E-state index contributed by atoms with van der Waals surface area (Å²) >= 11 is 0. The van der Waals surface area contributed by atoms with Gasteiger partial charge in [0, 0.05) is 43.2 Å². The summed E-state index contributed by atoms with van der Waals surface area (Å²) in [6.45, 7) is 7.29. The van der Waals surface area contributed by atoms with Crippen LogP contribution in [0, 0.1) is 5.92 Å². The maximum Gasteiger partial charge on any atom is 0.331 e. The van der Waals surface area contributed by atoms with E-state index >= 15 is 0 Å². The van der Waals surface area contributed by atoms with Gasteiger partial charge in [0.15, 0.2) is 0 Å². The second kappa shape index (κ2) is 10.2. The molecule has 0 amide bonds. The van der Waals surface area contributed by atoms with Crippen molar-refractivity contribution in [2.45, 2.75) is 114 Å². The summed E-state index contributed by atoms with van der Waals surface area (Å²) in [4.78, 5) is 27.4. The number of nitrogens with zero attached hydrogens (tertiary/aromatic N) is 3. The van der Waals surface area contributed by atoms with Crippen LogP contribution in [0.2, 0.25) is 0 Å². The van der Waals surface area contributed by atoms with E-state index < -0.39 is 21.1 Å². The summed E-state index contributed by atoms with van der Waals surface area (Å²) in [6.07, 6.45) is 10.8. The fraction of sp³-hybridized carbons (Fsp3) is 0.714. The molecular formula is C28H43N5O4S. The fourth-order valence-corrected chi connectivity index (χ4v) is 7.85. The molecule has 2 heterocycles. The minimum atomic E-state index is -3.77. The lowest BCUT2D eigenvalue weighted by Gasteiger charge is -2.36. The van der Waals surface area contributed by atoms with Gasteiger partial charge in [-0.05, 0) is 64.7 Å². The Morgan fingerprint density at radius 2 is 1.66 bits per heavy atom. The van der Waals surface area contributed by atoms with Gasteiger partial charge >= 0.3 is 5.69 Å². The first-order valence-electron chi connectivity index (χ1n) is 14.3. The zero-order chi connectivity index (χ0) is 27.3. The maximum absolute atomic E-state index is 13.8. The predicted octanol–water partition coefficient (Wildman–Crippen LogP) is 3.25. The van der Waals surface area contributed by atoms with Gasteiger partial charge in [0.2, 0.25) is 10.0 Å². The van der Waals surface area contributed by atoms with E-state index in [9.17, 15) is 18.0 Å². The summed E-state index contributed by atoms with van der Waals surface area (Å²) in [7, 11) is -2.12. The topological polar surface area (TPSA) is 105 Å². The molecule has 38 heavy (non-hydrogen) atoms. The van der Waals surface area contributed by atoms with E-state index in [1.165, 1.54) is 47.0 Å². The molecule has 1 aromatic carbocycles. The van der Waals surface area contributed by atoms with Crippen LogP contribution in [0.5, 0.6) is 0 Å². The Bertz CT molecular complexity index is 1410. The van der Waals surface area contributed by atoms with Crippen molar-refractivity contribution in [1.29, 1.82) is 0 Å². The van der Waals surface area contributed by atoms with Crippen LogP contribution < -0.4 is 21.4 Å². The lowest BCUT2D eigenvalue weighted by molar-refractivity contribution is 0.135. The number of hydrazine groups is 1. The van der Waals surface area contributed by atoms with E-state index in [-0.39, 0.29) is 27.4 Å². The molecule has 2 N–H and O–H groups in total. The summed E-state index contributed by atoms with van der Waals surface area (Å²) in [5.41, 5.74) is 2.94. The Hall–Kier alpha value is -2.01. The Labute approximate surface area is 225 Å². The van der Waals surface area contributed by atoms with Crippen molar-refractivity contribution in [2.24, 2.45) is 13.0 Å². The van der Waals surface area contributed by atoms with E-state index in [2.05, 4.69) is 29.0 Å². The van der Waals surface area contributed by atoms with Gasteiger partial charge in [-0.3, -0.25) is 13.9 Å². The molecule has 0 bridgehead atoms. The third-order valence-electron chi connectivity index (χ3n) is 9.10. The average Bonchev–Trinajstić information content (AvgIpc) is 3.44. The smallest absolute Gasteiger partial charge is 0.296 e. The van der Waals surface area contributed by atoms with Crippen LogP contribution in [0.3, 0.4) is 0 Å². The van der Waals surface area contributed by atoms with Crippen LogP contribution >= 0.6 is 0 Å². The molecule has 3 fully saturated rings. The average molecular weight is 546 g/mol. The van der Waals surface area contributed by atoms with Crippen molar-refractivity contribution in [3.8, 4) is 0 Å². The van der Waals surface area contributed by atoms with Crippen LogP contribution in [0.1, 0.15) is 85.0 Å². The molecule has 1 saturated heterocycles. The summed E-state index contributed by atoms with van der Waals surface area (Å²) in [5, 5.41) is 2.53. The van der Waals surface area contributed by atoms with E-state index in [0.29, 0.717) is 18.1 Å². The fourth-order valence-electron chi connectivity index (χ4n) is 6.36. The Morgan fingerprint density at radius 3 is 2.26 bits per heavy atom. The third kappa shape index (κ3) is 5.24. The molecule has 1 unspecified atom stereocenters. The normalized spacial score (nSPS) is 24.0. The van der Waals surface area contributed by atoms with Crippen LogP contribution in [-0.4, -0.2) is 46.2 Å². The molecule has 1 aliphatic heterocycles. The molecule has 2 saturated carbocycles. The molecule has 3 aliphatic rings. The number of fused-ring (bicyclic) bond motifs is 1. The van der Waals surface area contributed by atoms with Gasteiger partial charge in [0.05, 0.1) is 15.8 Å². The van der Waals surface area contributed by atoms with Gasteiger partial charge in [-0.1, -0.05) is 38.5 Å². The summed E-state index contributed by atoms with van der Waals surface area (Å²) < 4.78 is 31.7. The third-order valence-corrected chi connectivity index (χ3v) is 10.7. The molecule has 210 valence electrons. The van der Waals surface area contributed by atoms with Crippen molar-refractivity contribution >= 4 is 20.9 Å². The Kier molecular flexibility index (Phi) is 7.39. The largest absolute Gasteiger partial charge is 0.331 e. The summed E-state index contributed by atoms with van der Waals surface area (Å²) in [6, 6.07) is 4.79. The first-order valence-corrected chi connectivity index (χ1v) is 15.8. The van der Waals surface area contributed by atoms with Gasteiger partial charge in [0.1, 0.15) is 0 Å². The highest BCUT2D eigenvalue weighted by atomic mass is 32.2. The van der Waals surface area contributed by atoms with E-state index in [0.717, 1.165) is 45.1 Å². The number of sulfonamides is 1. The molecular weight excluding hydrogens is 502 g/mol. The van der Waals surface area contributed by atoms with Crippen LogP contribution in [0.4, 0.5) is 0 Å². The van der Waals surface area contributed by atoms with Crippen LogP contribution in [-0.2, 0) is 23.6 Å². The van der Waals surface area contributed by atoms with Crippen LogP contribution in [0.25, 0.3) is 10.9 Å². The first kappa shape index (κ1) is 27.6. The van der Waals surface area contributed by atoms with Crippen molar-refractivity contribution in [2.75, 3.05) is 6.54 Å². The SMILES string of the molecule is CC(C)N1CC(Cn2c(=O)c3cc(S(=O)(=O)NC4(C)CC4)ccc3n(C)c2=O)C2(CCCCCCCC2)N1. The number of hydrogen-bond acceptors (Lipinski definition) is 6. The van der Waals surface area contributed by atoms with E-state index in [4.69, 9.17) is 0 Å². The van der Waals surface area contributed by atoms with Gasteiger partial charge in [-0.25, -0.2) is 28.4 Å². The number of aromatic nitrogens is 2. The zero-order valence-corrected chi connectivity index (χ0v) is 24.1. The first-order chi connectivity index (χ1) is 17.9. The molecule has 2 aliphatic carbocycles. The van der Waals surface area contributed by atoms with Gasteiger partial charge in [-0.15, -0.1) is 0 Å². The van der Waals surface area contributed by atoms with Gasteiger partial charge in [0.25, 0.3) is 5.56 Å². The van der Waals surface area contributed by atoms with Gasteiger partial charge in [-0.2, -0.15) is 0 Å². The maximum atomic E-state index is 13.8. The van der Waals surface area contributed by atoms with E-state index in [1.807, 2.05) is 6.92 Å². The monoisotopic (exact) mass is 545 g/mol. The van der Waals surface area contributed by atoms with Crippen molar-refractivity contribution in [3.63, 3.8) is 0 Å². The lowest BCUT2D eigenvalue weighted by Crippen LogP contribution is -2.52. The number of hydrogen-bond donors (Lipinski definition) is 2. The zero-order valence-electron chi connectivity index (χ0n) is 23.3. The number of nitrogens with one attached hydrogen (secondary N) is 2. The van der Waals surface area contributed by atoms with Crippen molar-refractivity contribution < 1.29 is 8.42 Å². The highest BCUT2D eigenvalue weighted by Crippen LogP contribution is 2.38. The quantitative estimate of drug-likeness (QED) is 0.577.